The summed E-state index contributed by atoms with van der Waals surface area (Å²) in [7, 11) is 0. The fourth-order valence-corrected chi connectivity index (χ4v) is 3.03. The second-order valence-corrected chi connectivity index (χ2v) is 6.10. The van der Waals surface area contributed by atoms with Crippen LogP contribution in [-0.4, -0.2) is 33.5 Å². The Morgan fingerprint density at radius 3 is 2.83 bits per heavy atom. The van der Waals surface area contributed by atoms with Gasteiger partial charge in [-0.2, -0.15) is 0 Å². The fraction of sp³-hybridized carbons (Fsp3) is 0.333. The number of pyridine rings is 1. The van der Waals surface area contributed by atoms with Gasteiger partial charge in [-0.05, 0) is 43.2 Å². The first kappa shape index (κ1) is 16.5. The molecule has 2 heterocycles. The van der Waals surface area contributed by atoms with E-state index in [0.717, 1.165) is 29.5 Å². The maximum Gasteiger partial charge on any atom is 0.227 e. The molecule has 1 amide bonds. The van der Waals surface area contributed by atoms with E-state index in [2.05, 4.69) is 4.98 Å². The van der Waals surface area contributed by atoms with Gasteiger partial charge in [0.1, 0.15) is 11.6 Å². The van der Waals surface area contributed by atoms with Crippen molar-refractivity contribution >= 4 is 5.91 Å². The largest absolute Gasteiger partial charge is 0.391 e. The molecular formula is C18H18F2N2O2. The number of aryl methyl sites for hydroxylation is 1. The monoisotopic (exact) mass is 332 g/mol. The zero-order chi connectivity index (χ0) is 17.3. The highest BCUT2D eigenvalue weighted by Gasteiger charge is 2.36. The second-order valence-electron chi connectivity index (χ2n) is 6.10. The minimum Gasteiger partial charge on any atom is -0.391 e. The van der Waals surface area contributed by atoms with Gasteiger partial charge in [0.05, 0.1) is 18.6 Å². The molecule has 0 radical (unpaired) electrons. The molecule has 24 heavy (non-hydrogen) atoms. The van der Waals surface area contributed by atoms with Crippen molar-refractivity contribution in [1.29, 1.82) is 0 Å². The molecular weight excluding hydrogens is 314 g/mol. The van der Waals surface area contributed by atoms with E-state index in [1.54, 1.807) is 6.20 Å². The summed E-state index contributed by atoms with van der Waals surface area (Å²) >= 11 is 0. The van der Waals surface area contributed by atoms with Crippen LogP contribution in [0.5, 0.6) is 0 Å². The minimum atomic E-state index is -0.752. The zero-order valence-corrected chi connectivity index (χ0v) is 13.2. The Kier molecular flexibility index (Phi) is 4.57. The van der Waals surface area contributed by atoms with E-state index in [-0.39, 0.29) is 30.9 Å². The lowest BCUT2D eigenvalue weighted by Gasteiger charge is -2.25. The van der Waals surface area contributed by atoms with Crippen molar-refractivity contribution in [3.05, 3.63) is 65.0 Å². The quantitative estimate of drug-likeness (QED) is 0.940. The number of hydrogen-bond acceptors (Lipinski definition) is 3. The Morgan fingerprint density at radius 1 is 1.33 bits per heavy atom. The number of aliphatic hydroxyl groups is 1. The average molecular weight is 332 g/mol. The summed E-state index contributed by atoms with van der Waals surface area (Å²) in [5.41, 5.74) is 1.69. The van der Waals surface area contributed by atoms with Crippen molar-refractivity contribution in [2.75, 3.05) is 6.54 Å². The van der Waals surface area contributed by atoms with Gasteiger partial charge in [0.2, 0.25) is 5.91 Å². The van der Waals surface area contributed by atoms with Gasteiger partial charge in [-0.15, -0.1) is 0 Å². The number of nitrogens with zero attached hydrogens (tertiary/aromatic N) is 2. The predicted molar refractivity (Wildman–Crippen MR) is 84.1 cm³/mol. The third-order valence-corrected chi connectivity index (χ3v) is 4.24. The van der Waals surface area contributed by atoms with E-state index in [1.165, 1.54) is 4.90 Å². The van der Waals surface area contributed by atoms with Crippen LogP contribution < -0.4 is 0 Å². The standard InChI is InChI=1S/C18H18F2N2O2/c1-11-2-3-12(9-21-11)6-18(24)22-10-14(23)8-17(22)15-7-13(19)4-5-16(15)20/h2-5,7,9,14,17,23H,6,8,10H2,1H3/t14-,17-/m1/s1. The SMILES string of the molecule is Cc1ccc(CC(=O)N2C[C@H](O)C[C@@H]2c2cc(F)ccc2F)cn1. The van der Waals surface area contributed by atoms with Crippen molar-refractivity contribution in [1.82, 2.24) is 9.88 Å². The molecule has 3 rings (SSSR count). The summed E-state index contributed by atoms with van der Waals surface area (Å²) in [5, 5.41) is 9.92. The Labute approximate surface area is 138 Å². The third-order valence-electron chi connectivity index (χ3n) is 4.24. The number of halogens is 2. The van der Waals surface area contributed by atoms with Crippen LogP contribution in [0.25, 0.3) is 0 Å². The fourth-order valence-electron chi connectivity index (χ4n) is 3.03. The van der Waals surface area contributed by atoms with E-state index in [4.69, 9.17) is 0 Å². The normalized spacial score (nSPS) is 20.4. The Bertz CT molecular complexity index is 749. The van der Waals surface area contributed by atoms with Crippen molar-refractivity contribution in [3.63, 3.8) is 0 Å². The third kappa shape index (κ3) is 3.43. The molecule has 1 aliphatic heterocycles. The van der Waals surface area contributed by atoms with Crippen LogP contribution in [0.4, 0.5) is 8.78 Å². The van der Waals surface area contributed by atoms with Crippen LogP contribution in [0.1, 0.15) is 29.3 Å². The highest BCUT2D eigenvalue weighted by molar-refractivity contribution is 5.79. The number of carbonyl (C=O) groups is 1. The van der Waals surface area contributed by atoms with Crippen LogP contribution in [0.3, 0.4) is 0 Å². The number of benzene rings is 1. The first-order chi connectivity index (χ1) is 11.4. The van der Waals surface area contributed by atoms with Crippen molar-refractivity contribution < 1.29 is 18.7 Å². The molecule has 1 aliphatic rings. The lowest BCUT2D eigenvalue weighted by atomic mass is 10.0. The second kappa shape index (κ2) is 6.65. The molecule has 1 saturated heterocycles. The van der Waals surface area contributed by atoms with Crippen LogP contribution in [0, 0.1) is 18.6 Å². The van der Waals surface area contributed by atoms with E-state index >= 15 is 0 Å². The molecule has 0 saturated carbocycles. The summed E-state index contributed by atoms with van der Waals surface area (Å²) < 4.78 is 27.5. The van der Waals surface area contributed by atoms with Gasteiger partial charge in [0.15, 0.2) is 0 Å². The highest BCUT2D eigenvalue weighted by Crippen LogP contribution is 2.34. The van der Waals surface area contributed by atoms with Gasteiger partial charge in [0, 0.05) is 24.0 Å². The van der Waals surface area contributed by atoms with E-state index in [9.17, 15) is 18.7 Å². The molecule has 0 unspecified atom stereocenters. The van der Waals surface area contributed by atoms with Gasteiger partial charge in [-0.3, -0.25) is 9.78 Å². The number of amides is 1. The maximum atomic E-state index is 14.1. The van der Waals surface area contributed by atoms with Crippen LogP contribution >= 0.6 is 0 Å². The molecule has 6 heteroatoms. The first-order valence-corrected chi connectivity index (χ1v) is 7.78. The number of carbonyl (C=O) groups excluding carboxylic acids is 1. The molecule has 2 aromatic rings. The molecule has 0 aliphatic carbocycles. The summed E-state index contributed by atoms with van der Waals surface area (Å²) in [6, 6.07) is 6.12. The van der Waals surface area contributed by atoms with E-state index in [0.29, 0.717) is 0 Å². The van der Waals surface area contributed by atoms with Crippen molar-refractivity contribution in [2.24, 2.45) is 0 Å². The smallest absolute Gasteiger partial charge is 0.227 e. The zero-order valence-electron chi connectivity index (χ0n) is 13.2. The number of aliphatic hydroxyl groups excluding tert-OH is 1. The summed E-state index contributed by atoms with van der Waals surface area (Å²) in [6.45, 7) is 1.96. The van der Waals surface area contributed by atoms with E-state index < -0.39 is 23.8 Å². The average Bonchev–Trinajstić information content (AvgIpc) is 2.94. The number of rotatable bonds is 3. The topological polar surface area (TPSA) is 53.4 Å². The molecule has 0 bridgehead atoms. The van der Waals surface area contributed by atoms with Crippen LogP contribution in [-0.2, 0) is 11.2 Å². The van der Waals surface area contributed by atoms with Crippen LogP contribution in [0.15, 0.2) is 36.5 Å². The van der Waals surface area contributed by atoms with Gasteiger partial charge < -0.3 is 10.0 Å². The number of aromatic nitrogens is 1. The van der Waals surface area contributed by atoms with E-state index in [1.807, 2.05) is 19.1 Å². The van der Waals surface area contributed by atoms with Gasteiger partial charge in [-0.25, -0.2) is 8.78 Å². The lowest BCUT2D eigenvalue weighted by molar-refractivity contribution is -0.131. The molecule has 1 fully saturated rings. The van der Waals surface area contributed by atoms with Crippen LogP contribution in [0.2, 0.25) is 0 Å². The molecule has 4 nitrogen and oxygen atoms in total. The molecule has 1 N–H and O–H groups in total. The number of likely N-dealkylation sites (tertiary alicyclic amines) is 1. The van der Waals surface area contributed by atoms with Crippen molar-refractivity contribution in [2.45, 2.75) is 31.9 Å². The first-order valence-electron chi connectivity index (χ1n) is 7.78. The van der Waals surface area contributed by atoms with Gasteiger partial charge in [-0.1, -0.05) is 6.07 Å². The van der Waals surface area contributed by atoms with Gasteiger partial charge >= 0.3 is 0 Å². The highest BCUT2D eigenvalue weighted by atomic mass is 19.1. The molecule has 126 valence electrons. The van der Waals surface area contributed by atoms with Gasteiger partial charge in [0.25, 0.3) is 0 Å². The lowest BCUT2D eigenvalue weighted by Crippen LogP contribution is -2.33. The predicted octanol–water partition coefficient (Wildman–Crippen LogP) is 2.55. The summed E-state index contributed by atoms with van der Waals surface area (Å²) in [4.78, 5) is 18.2. The Balaban J connectivity index is 1.83. The molecule has 1 aromatic heterocycles. The number of β-amino-alcohol motifs (C(OH)–C–C–N with tert-alkyl or cyclic N) is 1. The maximum absolute atomic E-state index is 14.1. The summed E-state index contributed by atoms with van der Waals surface area (Å²) in [6.07, 6.45) is 1.17. The molecule has 2 atom stereocenters. The molecule has 1 aromatic carbocycles. The van der Waals surface area contributed by atoms with Crippen molar-refractivity contribution in [3.8, 4) is 0 Å². The Morgan fingerprint density at radius 2 is 2.12 bits per heavy atom. The molecule has 0 spiro atoms. The number of hydrogen-bond donors (Lipinski definition) is 1. The Hall–Kier alpha value is -2.34. The minimum absolute atomic E-state index is 0.0990. The summed E-state index contributed by atoms with van der Waals surface area (Å²) in [5.74, 6) is -1.39.